The van der Waals surface area contributed by atoms with Crippen molar-refractivity contribution in [3.63, 3.8) is 0 Å². The Morgan fingerprint density at radius 2 is 2.00 bits per heavy atom. The third-order valence-electron chi connectivity index (χ3n) is 2.75. The molecular weight excluding hydrogens is 188 g/mol. The lowest BCUT2D eigenvalue weighted by Crippen LogP contribution is -2.01. The molecule has 0 amide bonds. The van der Waals surface area contributed by atoms with Crippen molar-refractivity contribution in [2.24, 2.45) is 0 Å². The second kappa shape index (κ2) is 5.29. The van der Waals surface area contributed by atoms with E-state index in [-0.39, 0.29) is 0 Å². The normalized spacial score (nSPS) is 24.1. The molecule has 0 radical (unpaired) electrons. The summed E-state index contributed by atoms with van der Waals surface area (Å²) in [5.74, 6) is 0. The lowest BCUT2D eigenvalue weighted by atomic mass is 10.2. The summed E-state index contributed by atoms with van der Waals surface area (Å²) in [6.07, 6.45) is 3.13. The summed E-state index contributed by atoms with van der Waals surface area (Å²) in [6, 6.07) is 10.3. The van der Waals surface area contributed by atoms with E-state index >= 15 is 0 Å². The van der Waals surface area contributed by atoms with Crippen LogP contribution in [0.2, 0.25) is 0 Å². The minimum Gasteiger partial charge on any atom is -0.377 e. The molecule has 2 nitrogen and oxygen atoms in total. The minimum atomic E-state index is 0.464. The van der Waals surface area contributed by atoms with Crippen molar-refractivity contribution >= 4 is 0 Å². The van der Waals surface area contributed by atoms with Gasteiger partial charge in [-0.05, 0) is 18.4 Å². The quantitative estimate of drug-likeness (QED) is 0.527. The molecule has 0 bridgehead atoms. The molecule has 1 aromatic rings. The van der Waals surface area contributed by atoms with Crippen molar-refractivity contribution in [1.82, 2.24) is 0 Å². The number of hydrogen-bond acceptors (Lipinski definition) is 2. The van der Waals surface area contributed by atoms with Crippen LogP contribution in [0.4, 0.5) is 0 Å². The smallest absolute Gasteiger partial charge is 0.0863 e. The molecule has 1 saturated heterocycles. The van der Waals surface area contributed by atoms with Gasteiger partial charge in [-0.15, -0.1) is 0 Å². The van der Waals surface area contributed by atoms with E-state index in [1.54, 1.807) is 0 Å². The van der Waals surface area contributed by atoms with E-state index in [0.29, 0.717) is 18.8 Å². The molecule has 15 heavy (non-hydrogen) atoms. The molecule has 0 aliphatic carbocycles. The van der Waals surface area contributed by atoms with Crippen LogP contribution in [0.25, 0.3) is 0 Å². The van der Waals surface area contributed by atoms with Gasteiger partial charge in [0.25, 0.3) is 0 Å². The monoisotopic (exact) mass is 206 g/mol. The number of epoxide rings is 1. The molecule has 0 N–H and O–H groups in total. The maximum absolute atomic E-state index is 5.58. The Labute approximate surface area is 91.2 Å². The molecule has 1 heterocycles. The standard InChI is InChI=1S/C13H18O2/c1-2-12-13(15-12)8-9-14-10-11-6-4-3-5-7-11/h3-7,12-13H,2,8-10H2,1H3/t12-,13+/m0/s1. The zero-order chi connectivity index (χ0) is 10.5. The predicted octanol–water partition coefficient (Wildman–Crippen LogP) is 2.77. The fourth-order valence-electron chi connectivity index (χ4n) is 1.76. The van der Waals surface area contributed by atoms with Crippen LogP contribution in [0, 0.1) is 0 Å². The van der Waals surface area contributed by atoms with Gasteiger partial charge in [-0.1, -0.05) is 37.3 Å². The van der Waals surface area contributed by atoms with Gasteiger partial charge in [0.2, 0.25) is 0 Å². The van der Waals surface area contributed by atoms with E-state index in [0.717, 1.165) is 19.4 Å². The minimum absolute atomic E-state index is 0.464. The summed E-state index contributed by atoms with van der Waals surface area (Å²) < 4.78 is 11.0. The third kappa shape index (κ3) is 3.33. The number of ether oxygens (including phenoxy) is 2. The van der Waals surface area contributed by atoms with Crippen LogP contribution in [-0.4, -0.2) is 18.8 Å². The molecule has 82 valence electrons. The number of hydrogen-bond donors (Lipinski definition) is 0. The number of benzene rings is 1. The summed E-state index contributed by atoms with van der Waals surface area (Å²) in [7, 11) is 0. The SMILES string of the molecule is CC[C@@H]1O[C@@H]1CCOCc1ccccc1. The molecule has 2 atom stereocenters. The van der Waals surface area contributed by atoms with E-state index in [1.807, 2.05) is 18.2 Å². The van der Waals surface area contributed by atoms with E-state index in [4.69, 9.17) is 9.47 Å². The van der Waals surface area contributed by atoms with E-state index in [1.165, 1.54) is 5.56 Å². The van der Waals surface area contributed by atoms with Gasteiger partial charge in [-0.3, -0.25) is 0 Å². The highest BCUT2D eigenvalue weighted by atomic mass is 16.6. The highest BCUT2D eigenvalue weighted by molar-refractivity contribution is 5.13. The van der Waals surface area contributed by atoms with Gasteiger partial charge in [0.05, 0.1) is 18.8 Å². The van der Waals surface area contributed by atoms with E-state index in [2.05, 4.69) is 19.1 Å². The lowest BCUT2D eigenvalue weighted by Gasteiger charge is -2.02. The average Bonchev–Trinajstić information content (AvgIpc) is 3.05. The number of rotatable bonds is 6. The first kappa shape index (κ1) is 10.7. The van der Waals surface area contributed by atoms with Gasteiger partial charge in [0.15, 0.2) is 0 Å². The van der Waals surface area contributed by atoms with E-state index < -0.39 is 0 Å². The maximum Gasteiger partial charge on any atom is 0.0863 e. The van der Waals surface area contributed by atoms with Crippen molar-refractivity contribution in [2.75, 3.05) is 6.61 Å². The van der Waals surface area contributed by atoms with E-state index in [9.17, 15) is 0 Å². The Hall–Kier alpha value is -0.860. The van der Waals surface area contributed by atoms with Crippen LogP contribution < -0.4 is 0 Å². The Balaban J connectivity index is 1.56. The van der Waals surface area contributed by atoms with Crippen molar-refractivity contribution in [1.29, 1.82) is 0 Å². The summed E-state index contributed by atoms with van der Waals surface area (Å²) in [4.78, 5) is 0. The van der Waals surface area contributed by atoms with Crippen LogP contribution >= 0.6 is 0 Å². The van der Waals surface area contributed by atoms with Gasteiger partial charge in [0.1, 0.15) is 0 Å². The fourth-order valence-corrected chi connectivity index (χ4v) is 1.76. The summed E-state index contributed by atoms with van der Waals surface area (Å²) in [6.45, 7) is 3.68. The van der Waals surface area contributed by atoms with Gasteiger partial charge in [0, 0.05) is 6.61 Å². The van der Waals surface area contributed by atoms with Gasteiger partial charge >= 0.3 is 0 Å². The highest BCUT2D eigenvalue weighted by Crippen LogP contribution is 2.27. The fraction of sp³-hybridized carbons (Fsp3) is 0.538. The van der Waals surface area contributed by atoms with Crippen molar-refractivity contribution in [3.05, 3.63) is 35.9 Å². The largest absolute Gasteiger partial charge is 0.377 e. The van der Waals surface area contributed by atoms with Crippen molar-refractivity contribution < 1.29 is 9.47 Å². The van der Waals surface area contributed by atoms with Crippen LogP contribution in [0.5, 0.6) is 0 Å². The van der Waals surface area contributed by atoms with Crippen LogP contribution in [0.3, 0.4) is 0 Å². The van der Waals surface area contributed by atoms with Crippen LogP contribution in [0.1, 0.15) is 25.3 Å². The molecular formula is C13H18O2. The average molecular weight is 206 g/mol. The Morgan fingerprint density at radius 1 is 1.20 bits per heavy atom. The first-order valence-electron chi connectivity index (χ1n) is 5.67. The van der Waals surface area contributed by atoms with Crippen molar-refractivity contribution in [2.45, 2.75) is 38.6 Å². The molecule has 1 aliphatic rings. The van der Waals surface area contributed by atoms with Crippen molar-refractivity contribution in [3.8, 4) is 0 Å². The highest BCUT2D eigenvalue weighted by Gasteiger charge is 2.35. The molecule has 1 aromatic carbocycles. The molecule has 2 rings (SSSR count). The zero-order valence-electron chi connectivity index (χ0n) is 9.19. The summed E-state index contributed by atoms with van der Waals surface area (Å²) in [5, 5.41) is 0. The third-order valence-corrected chi connectivity index (χ3v) is 2.75. The van der Waals surface area contributed by atoms with Gasteiger partial charge in [-0.25, -0.2) is 0 Å². The molecule has 0 aromatic heterocycles. The molecule has 0 saturated carbocycles. The topological polar surface area (TPSA) is 21.8 Å². The zero-order valence-corrected chi connectivity index (χ0v) is 9.19. The first-order chi connectivity index (χ1) is 7.40. The molecule has 1 aliphatic heterocycles. The summed E-state index contributed by atoms with van der Waals surface area (Å²) in [5.41, 5.74) is 1.24. The second-order valence-corrected chi connectivity index (χ2v) is 3.95. The Kier molecular flexibility index (Phi) is 3.75. The van der Waals surface area contributed by atoms with Crippen LogP contribution in [0.15, 0.2) is 30.3 Å². The second-order valence-electron chi connectivity index (χ2n) is 3.95. The summed E-state index contributed by atoms with van der Waals surface area (Å²) >= 11 is 0. The predicted molar refractivity (Wildman–Crippen MR) is 59.7 cm³/mol. The van der Waals surface area contributed by atoms with Gasteiger partial charge < -0.3 is 9.47 Å². The lowest BCUT2D eigenvalue weighted by molar-refractivity contribution is 0.113. The van der Waals surface area contributed by atoms with Crippen LogP contribution in [-0.2, 0) is 16.1 Å². The molecule has 1 fully saturated rings. The molecule has 2 heteroatoms. The Morgan fingerprint density at radius 3 is 2.67 bits per heavy atom. The Bertz CT molecular complexity index is 284. The molecule has 0 spiro atoms. The first-order valence-corrected chi connectivity index (χ1v) is 5.67. The van der Waals surface area contributed by atoms with Gasteiger partial charge in [-0.2, -0.15) is 0 Å². The molecule has 0 unspecified atom stereocenters. The maximum atomic E-state index is 5.58.